The number of fused-ring (bicyclic) bond motifs is 1. The van der Waals surface area contributed by atoms with E-state index in [1.54, 1.807) is 28.4 Å². The van der Waals surface area contributed by atoms with E-state index in [0.717, 1.165) is 30.5 Å². The van der Waals surface area contributed by atoms with Crippen molar-refractivity contribution in [3.8, 4) is 17.2 Å². The van der Waals surface area contributed by atoms with E-state index >= 15 is 0 Å². The lowest BCUT2D eigenvalue weighted by molar-refractivity contribution is 0.101. The molecule has 1 saturated carbocycles. The first-order chi connectivity index (χ1) is 11.7. The molecule has 1 fully saturated rings. The Kier molecular flexibility index (Phi) is 4.89. The van der Waals surface area contributed by atoms with Gasteiger partial charge in [-0.2, -0.15) is 0 Å². The highest BCUT2D eigenvalue weighted by Crippen LogP contribution is 2.44. The summed E-state index contributed by atoms with van der Waals surface area (Å²) in [4.78, 5) is 8.78. The third-order valence-corrected chi connectivity index (χ3v) is 4.51. The molecule has 7 heteroatoms. The number of anilines is 1. The highest BCUT2D eigenvalue weighted by Gasteiger charge is 2.28. The quantitative estimate of drug-likeness (QED) is 0.871. The Balaban J connectivity index is 2.09. The summed E-state index contributed by atoms with van der Waals surface area (Å²) in [5.74, 6) is 2.38. The monoisotopic (exact) mass is 333 g/mol. The van der Waals surface area contributed by atoms with Crippen molar-refractivity contribution < 1.29 is 18.9 Å². The molecule has 7 nitrogen and oxygen atoms in total. The maximum Gasteiger partial charge on any atom is 0.205 e. The second-order valence-electron chi connectivity index (χ2n) is 5.72. The van der Waals surface area contributed by atoms with Gasteiger partial charge < -0.3 is 24.3 Å². The molecular weight excluding hydrogens is 310 g/mol. The molecule has 1 aliphatic carbocycles. The summed E-state index contributed by atoms with van der Waals surface area (Å²) in [5, 5.41) is 4.32. The molecule has 0 amide bonds. The van der Waals surface area contributed by atoms with Crippen LogP contribution in [0.25, 0.3) is 10.9 Å². The fourth-order valence-corrected chi connectivity index (χ4v) is 3.33. The van der Waals surface area contributed by atoms with Crippen LogP contribution in [0.4, 0.5) is 5.82 Å². The molecular formula is C17H23N3O4. The van der Waals surface area contributed by atoms with Crippen LogP contribution in [0.1, 0.15) is 19.3 Å². The Labute approximate surface area is 141 Å². The topological polar surface area (TPSA) is 74.7 Å². The first-order valence-electron chi connectivity index (χ1n) is 7.96. The van der Waals surface area contributed by atoms with Crippen molar-refractivity contribution in [1.82, 2.24) is 9.97 Å². The zero-order valence-corrected chi connectivity index (χ0v) is 14.5. The Morgan fingerprint density at radius 1 is 1.00 bits per heavy atom. The van der Waals surface area contributed by atoms with Crippen molar-refractivity contribution in [2.45, 2.75) is 31.4 Å². The van der Waals surface area contributed by atoms with Crippen LogP contribution in [-0.4, -0.2) is 50.6 Å². The first kappa shape index (κ1) is 16.6. The summed E-state index contributed by atoms with van der Waals surface area (Å²) < 4.78 is 21.9. The van der Waals surface area contributed by atoms with E-state index in [1.165, 1.54) is 6.33 Å². The van der Waals surface area contributed by atoms with Gasteiger partial charge in [-0.15, -0.1) is 0 Å². The molecule has 1 aromatic heterocycles. The lowest BCUT2D eigenvalue weighted by Gasteiger charge is -2.21. The zero-order chi connectivity index (χ0) is 17.1. The third kappa shape index (κ3) is 2.80. The molecule has 0 aliphatic heterocycles. The van der Waals surface area contributed by atoms with Gasteiger partial charge in [0.1, 0.15) is 17.7 Å². The van der Waals surface area contributed by atoms with Gasteiger partial charge in [0.2, 0.25) is 5.75 Å². The summed E-state index contributed by atoms with van der Waals surface area (Å²) >= 11 is 0. The molecule has 0 saturated heterocycles. The van der Waals surface area contributed by atoms with Crippen LogP contribution in [-0.2, 0) is 4.74 Å². The van der Waals surface area contributed by atoms with Gasteiger partial charge in [-0.3, -0.25) is 0 Å². The minimum atomic E-state index is 0.192. The van der Waals surface area contributed by atoms with Gasteiger partial charge >= 0.3 is 0 Å². The smallest absolute Gasteiger partial charge is 0.205 e. The van der Waals surface area contributed by atoms with E-state index in [2.05, 4.69) is 15.3 Å². The van der Waals surface area contributed by atoms with Crippen LogP contribution in [0.15, 0.2) is 12.4 Å². The summed E-state index contributed by atoms with van der Waals surface area (Å²) in [7, 11) is 6.51. The number of methoxy groups -OCH3 is 4. The lowest BCUT2D eigenvalue weighted by atomic mass is 10.1. The second kappa shape index (κ2) is 7.09. The molecule has 3 rings (SSSR count). The highest BCUT2D eigenvalue weighted by atomic mass is 16.5. The molecule has 0 unspecified atom stereocenters. The fraction of sp³-hybridized carbons (Fsp3) is 0.529. The van der Waals surface area contributed by atoms with Crippen LogP contribution in [0.3, 0.4) is 0 Å². The Hall–Kier alpha value is -2.28. The van der Waals surface area contributed by atoms with Gasteiger partial charge in [0, 0.05) is 7.11 Å². The SMILES string of the molecule is COc1cc2c(N[C@@H]3CCC[C@H]3OC)ncnc2c(OC)c1OC. The van der Waals surface area contributed by atoms with Gasteiger partial charge in [0.25, 0.3) is 0 Å². The number of ether oxygens (including phenoxy) is 4. The van der Waals surface area contributed by atoms with E-state index in [0.29, 0.717) is 22.8 Å². The largest absolute Gasteiger partial charge is 0.493 e. The van der Waals surface area contributed by atoms with Crippen molar-refractivity contribution in [3.63, 3.8) is 0 Å². The molecule has 2 atom stereocenters. The van der Waals surface area contributed by atoms with Crippen molar-refractivity contribution in [3.05, 3.63) is 12.4 Å². The number of aromatic nitrogens is 2. The second-order valence-corrected chi connectivity index (χ2v) is 5.72. The van der Waals surface area contributed by atoms with Crippen LogP contribution in [0.2, 0.25) is 0 Å². The molecule has 2 aromatic rings. The Morgan fingerprint density at radius 2 is 1.79 bits per heavy atom. The molecule has 24 heavy (non-hydrogen) atoms. The van der Waals surface area contributed by atoms with Gasteiger partial charge in [-0.25, -0.2) is 9.97 Å². The van der Waals surface area contributed by atoms with Crippen molar-refractivity contribution >= 4 is 16.7 Å². The third-order valence-electron chi connectivity index (χ3n) is 4.51. The standard InChI is InChI=1S/C17H23N3O4/c1-21-12-7-5-6-11(12)20-17-10-8-13(22-2)15(23-3)16(24-4)14(10)18-9-19-17/h8-9,11-12H,5-7H2,1-4H3,(H,18,19,20)/t11-,12-/m1/s1. The minimum Gasteiger partial charge on any atom is -0.493 e. The zero-order valence-electron chi connectivity index (χ0n) is 14.5. The van der Waals surface area contributed by atoms with E-state index in [1.807, 2.05) is 6.07 Å². The molecule has 1 N–H and O–H groups in total. The van der Waals surface area contributed by atoms with Crippen LogP contribution >= 0.6 is 0 Å². The van der Waals surface area contributed by atoms with Crippen LogP contribution < -0.4 is 19.5 Å². The number of hydrogen-bond donors (Lipinski definition) is 1. The van der Waals surface area contributed by atoms with E-state index in [9.17, 15) is 0 Å². The minimum absolute atomic E-state index is 0.192. The number of rotatable bonds is 6. The molecule has 0 radical (unpaired) electrons. The average molecular weight is 333 g/mol. The highest BCUT2D eigenvalue weighted by molar-refractivity contribution is 5.96. The molecule has 0 spiro atoms. The number of nitrogens with one attached hydrogen (secondary N) is 1. The van der Waals surface area contributed by atoms with Gasteiger partial charge in [-0.1, -0.05) is 0 Å². The van der Waals surface area contributed by atoms with Crippen molar-refractivity contribution in [1.29, 1.82) is 0 Å². The molecule has 1 aliphatic rings. The Bertz CT molecular complexity index is 723. The number of benzene rings is 1. The average Bonchev–Trinajstić information content (AvgIpc) is 3.07. The number of nitrogens with zero attached hydrogens (tertiary/aromatic N) is 2. The lowest BCUT2D eigenvalue weighted by Crippen LogP contribution is -2.30. The van der Waals surface area contributed by atoms with E-state index < -0.39 is 0 Å². The molecule has 0 bridgehead atoms. The van der Waals surface area contributed by atoms with Gasteiger partial charge in [0.15, 0.2) is 11.5 Å². The normalized spacial score (nSPS) is 20.2. The number of hydrogen-bond acceptors (Lipinski definition) is 7. The predicted molar refractivity (Wildman–Crippen MR) is 91.3 cm³/mol. The van der Waals surface area contributed by atoms with Gasteiger partial charge in [0.05, 0.1) is 38.9 Å². The summed E-state index contributed by atoms with van der Waals surface area (Å²) in [6.45, 7) is 0. The van der Waals surface area contributed by atoms with Crippen LogP contribution in [0.5, 0.6) is 17.2 Å². The fourth-order valence-electron chi connectivity index (χ4n) is 3.33. The van der Waals surface area contributed by atoms with E-state index in [-0.39, 0.29) is 12.1 Å². The predicted octanol–water partition coefficient (Wildman–Crippen LogP) is 2.64. The summed E-state index contributed by atoms with van der Waals surface area (Å²) in [6, 6.07) is 2.10. The molecule has 1 aromatic carbocycles. The van der Waals surface area contributed by atoms with Crippen LogP contribution in [0, 0.1) is 0 Å². The van der Waals surface area contributed by atoms with Crippen molar-refractivity contribution in [2.75, 3.05) is 33.8 Å². The van der Waals surface area contributed by atoms with E-state index in [4.69, 9.17) is 18.9 Å². The summed E-state index contributed by atoms with van der Waals surface area (Å²) in [6.07, 6.45) is 4.96. The maximum atomic E-state index is 5.56. The first-order valence-corrected chi connectivity index (χ1v) is 7.96. The molecule has 1 heterocycles. The summed E-state index contributed by atoms with van der Waals surface area (Å²) in [5.41, 5.74) is 0.680. The van der Waals surface area contributed by atoms with Crippen molar-refractivity contribution in [2.24, 2.45) is 0 Å². The maximum absolute atomic E-state index is 5.56. The van der Waals surface area contributed by atoms with Gasteiger partial charge in [-0.05, 0) is 25.3 Å². The molecule has 130 valence electrons. The Morgan fingerprint density at radius 3 is 2.46 bits per heavy atom.